The standard InChI is InChI=1S/C17H31B6O18P4.C11H15N5O3/c1-32-9-3-15(18)36-12(9)7-34-44(28,29)40-10-4-16(22-19)37-13(10)6-33-42(2,24)39-11-5-17(23(20)21)38-14(11)8-35-45(30,31)41-43(25,26)27;1-2-5-7(17)8(18)11(19-5)16-4-15-6-9(12)13-3-14-10(6)16/h9-17H,3-8H2,1-2H3,(H,28,29)(H,30,31)(H2,25,26,27);3-5,7-8,11,17-18H,2H2,1H3,(H2,12,13,14). The molecule has 26 nitrogen and oxygen atoms in total. The predicted octanol–water partition coefficient (Wildman–Crippen LogP) is -1.90. The topological polar surface area (TPSA) is 361 Å². The van der Waals surface area contributed by atoms with Gasteiger partial charge in [0.1, 0.15) is 50.2 Å². The van der Waals surface area contributed by atoms with Crippen LogP contribution in [0.1, 0.15) is 38.8 Å². The number of hydrogen-bond acceptors (Lipinski definition) is 21. The van der Waals surface area contributed by atoms with Gasteiger partial charge in [-0.3, -0.25) is 22.7 Å². The molecule has 4 saturated heterocycles. The van der Waals surface area contributed by atoms with Crippen LogP contribution in [0.15, 0.2) is 12.7 Å². The molecular weight excluding hydrogens is 931 g/mol. The van der Waals surface area contributed by atoms with E-state index >= 15 is 0 Å². The van der Waals surface area contributed by atoms with Gasteiger partial charge < -0.3 is 68.3 Å². The normalized spacial score (nSPS) is 34.7. The van der Waals surface area contributed by atoms with E-state index in [2.05, 4.69) is 23.8 Å². The Morgan fingerprint density at radius 1 is 0.844 bits per heavy atom. The zero-order chi connectivity index (χ0) is 47.4. The zero-order valence-corrected chi connectivity index (χ0v) is 38.1. The monoisotopic (exact) mass is 978 g/mol. The van der Waals surface area contributed by atoms with Crippen molar-refractivity contribution in [1.29, 1.82) is 0 Å². The van der Waals surface area contributed by atoms with E-state index in [1.807, 2.05) is 6.92 Å². The van der Waals surface area contributed by atoms with E-state index < -0.39 is 130 Å². The van der Waals surface area contributed by atoms with Gasteiger partial charge in [0, 0.05) is 55.0 Å². The second-order valence-electron chi connectivity index (χ2n) is 14.9. The number of ether oxygens (including phenoxy) is 5. The highest BCUT2D eigenvalue weighted by Gasteiger charge is 2.46. The number of imidazole rings is 1. The lowest BCUT2D eigenvalue weighted by atomic mass is 9.16. The van der Waals surface area contributed by atoms with Gasteiger partial charge in [0.15, 0.2) is 17.7 Å². The smallest absolute Gasteiger partial charge is 0.388 e. The molecule has 64 heavy (non-hydrogen) atoms. The number of nitrogens with two attached hydrogens (primary N) is 1. The Morgan fingerprint density at radius 3 is 2.08 bits per heavy atom. The molecule has 16 unspecified atom stereocenters. The molecule has 9 radical (unpaired) electrons. The average molecular weight is 977 g/mol. The van der Waals surface area contributed by atoms with Gasteiger partial charge in [0.25, 0.3) is 0 Å². The quantitative estimate of drug-likeness (QED) is 0.0563. The number of nitrogen functional groups attached to an aromatic ring is 1. The number of rotatable bonds is 20. The summed E-state index contributed by atoms with van der Waals surface area (Å²) < 4.78 is 108. The number of anilines is 1. The van der Waals surface area contributed by atoms with Gasteiger partial charge >= 0.3 is 31.1 Å². The molecule has 6 rings (SSSR count). The van der Waals surface area contributed by atoms with E-state index in [0.29, 0.717) is 24.0 Å². The Labute approximate surface area is 373 Å². The first-order valence-corrected chi connectivity index (χ1v) is 25.9. The first-order valence-electron chi connectivity index (χ1n) is 19.4. The van der Waals surface area contributed by atoms with Crippen LogP contribution in [0.3, 0.4) is 0 Å². The van der Waals surface area contributed by atoms with Crippen LogP contribution in [0.4, 0.5) is 5.82 Å². The Morgan fingerprint density at radius 2 is 1.47 bits per heavy atom. The van der Waals surface area contributed by atoms with Crippen LogP contribution in [0.2, 0.25) is 0 Å². The van der Waals surface area contributed by atoms with Crippen LogP contribution in [0.25, 0.3) is 11.2 Å². The third-order valence-corrected chi connectivity index (χ3v) is 14.6. The third-order valence-electron chi connectivity index (χ3n) is 10.1. The lowest BCUT2D eigenvalue weighted by Crippen LogP contribution is -2.33. The summed E-state index contributed by atoms with van der Waals surface area (Å²) in [6.45, 7) is 0.253. The van der Waals surface area contributed by atoms with Crippen molar-refractivity contribution in [3.05, 3.63) is 12.7 Å². The largest absolute Gasteiger partial charge is 0.481 e. The number of hydrogen-bond donors (Lipinski definition) is 7. The number of phosphoric ester groups is 2. The van der Waals surface area contributed by atoms with E-state index in [9.17, 15) is 38.3 Å². The van der Waals surface area contributed by atoms with Crippen molar-refractivity contribution in [3.8, 4) is 0 Å². The number of phosphoric acid groups is 3. The van der Waals surface area contributed by atoms with E-state index in [4.69, 9.17) is 88.4 Å². The first-order chi connectivity index (χ1) is 29.8. The maximum absolute atomic E-state index is 13.3. The lowest BCUT2D eigenvalue weighted by molar-refractivity contribution is -0.0355. The number of aromatic nitrogens is 4. The molecule has 16 atom stereocenters. The average Bonchev–Trinajstić information content (AvgIpc) is 4.03. The number of nitrogens with zero attached hydrogens (tertiary/aromatic N) is 4. The minimum atomic E-state index is -5.39. The highest BCUT2D eigenvalue weighted by atomic mass is 31.3. The van der Waals surface area contributed by atoms with Crippen LogP contribution >= 0.6 is 31.1 Å². The summed E-state index contributed by atoms with van der Waals surface area (Å²) in [6, 6.07) is -2.25. The fourth-order valence-electron chi connectivity index (χ4n) is 7.06. The SMILES string of the molecule is CCC1OC(n2cnc3c(N)ncnc32)C(O)C1O.[B][B]C1CC(OP(=O)(O)OCC2OC([B])CC2OC)C(COP(C)(=O)OC2CC(B([B])[B])OC2COP(=O)(O)OP(=O)(O)O)O1. The van der Waals surface area contributed by atoms with Gasteiger partial charge in [-0.05, 0) is 25.7 Å². The first kappa shape index (κ1) is 53.9. The van der Waals surface area contributed by atoms with E-state index in [-0.39, 0.29) is 25.3 Å². The molecule has 0 amide bonds. The highest BCUT2D eigenvalue weighted by molar-refractivity contribution is 7.60. The van der Waals surface area contributed by atoms with Crippen molar-refractivity contribution in [1.82, 2.24) is 19.5 Å². The molecule has 6 heterocycles. The van der Waals surface area contributed by atoms with Gasteiger partial charge in [-0.1, -0.05) is 6.92 Å². The van der Waals surface area contributed by atoms with Crippen molar-refractivity contribution in [2.24, 2.45) is 0 Å². The summed E-state index contributed by atoms with van der Waals surface area (Å²) in [4.78, 5) is 49.5. The van der Waals surface area contributed by atoms with Crippen molar-refractivity contribution >= 4 is 92.8 Å². The maximum atomic E-state index is 13.3. The van der Waals surface area contributed by atoms with Crippen molar-refractivity contribution in [3.63, 3.8) is 0 Å². The number of aliphatic hydroxyl groups excluding tert-OH is 2. The summed E-state index contributed by atoms with van der Waals surface area (Å²) in [6.07, 6.45) is -5.16. The van der Waals surface area contributed by atoms with E-state index in [1.165, 1.54) is 26.9 Å². The Kier molecular flexibility index (Phi) is 19.0. The Bertz CT molecular complexity index is 2050. The summed E-state index contributed by atoms with van der Waals surface area (Å²) in [5.41, 5.74) is 6.63. The summed E-state index contributed by atoms with van der Waals surface area (Å²) in [7, 11) is 5.92. The van der Waals surface area contributed by atoms with Gasteiger partial charge in [-0.15, -0.1) is 0 Å². The molecular formula is C28H46B6N5O21P4. The third kappa shape index (κ3) is 14.7. The molecule has 36 heteroatoms. The van der Waals surface area contributed by atoms with Crippen LogP contribution < -0.4 is 5.73 Å². The Balaban J connectivity index is 0.000000333. The maximum Gasteiger partial charge on any atom is 0.481 e. The second-order valence-corrected chi connectivity index (χ2v) is 21.1. The number of methoxy groups -OCH3 is 1. The molecule has 8 N–H and O–H groups in total. The molecule has 0 aliphatic carbocycles. The lowest BCUT2D eigenvalue weighted by Gasteiger charge is -2.26. The summed E-state index contributed by atoms with van der Waals surface area (Å²) in [5, 5.41) is 19.9. The van der Waals surface area contributed by atoms with Crippen LogP contribution in [0, 0.1) is 0 Å². The molecule has 0 aromatic carbocycles. The fourth-order valence-corrected chi connectivity index (χ4v) is 10.8. The zero-order valence-electron chi connectivity index (χ0n) is 34.5. The van der Waals surface area contributed by atoms with Gasteiger partial charge in [0.2, 0.25) is 0 Å². The minimum Gasteiger partial charge on any atom is -0.388 e. The van der Waals surface area contributed by atoms with Crippen LogP contribution in [-0.2, 0) is 68.9 Å². The van der Waals surface area contributed by atoms with Gasteiger partial charge in [-0.2, -0.15) is 4.31 Å². The summed E-state index contributed by atoms with van der Waals surface area (Å²) >= 11 is 0. The minimum absolute atomic E-state index is 0.0165. The van der Waals surface area contributed by atoms with E-state index in [0.717, 1.165) is 6.66 Å². The number of fused-ring (bicyclic) bond motifs is 1. The molecule has 4 aliphatic heterocycles. The molecule has 347 valence electrons. The molecule has 2 aromatic heterocycles. The van der Waals surface area contributed by atoms with Gasteiger partial charge in [-0.25, -0.2) is 28.6 Å². The van der Waals surface area contributed by atoms with Crippen molar-refractivity contribution < 1.29 is 98.7 Å². The molecule has 2 aromatic rings. The molecule has 0 saturated carbocycles. The molecule has 0 bridgehead atoms. The van der Waals surface area contributed by atoms with Crippen LogP contribution in [-0.4, -0.2) is 201 Å². The Hall–Kier alpha value is -1.02. The van der Waals surface area contributed by atoms with Gasteiger partial charge in [0.05, 0.1) is 64.2 Å². The molecule has 4 aliphatic rings. The number of aliphatic hydroxyl groups is 2. The highest BCUT2D eigenvalue weighted by Crippen LogP contribution is 2.58. The van der Waals surface area contributed by atoms with E-state index in [1.54, 1.807) is 4.57 Å². The van der Waals surface area contributed by atoms with Crippen molar-refractivity contribution in [2.75, 3.05) is 39.3 Å². The fraction of sp³-hybridized carbons (Fsp3) is 0.821. The molecule has 4 fully saturated rings. The second kappa shape index (κ2) is 22.6. The molecule has 0 spiro atoms. The van der Waals surface area contributed by atoms with Crippen LogP contribution in [0.5, 0.6) is 0 Å². The summed E-state index contributed by atoms with van der Waals surface area (Å²) in [5.74, 6) is 0.267. The van der Waals surface area contributed by atoms with Crippen molar-refractivity contribution in [2.45, 2.75) is 112 Å². The predicted molar refractivity (Wildman–Crippen MR) is 225 cm³/mol.